The Kier molecular flexibility index (Phi) is 5.14. The number of aliphatic carboxylic acids is 1. The van der Waals surface area contributed by atoms with Crippen LogP contribution in [0.5, 0.6) is 0 Å². The number of hydrogen-bond donors (Lipinski definition) is 1. The second-order valence-electron chi connectivity index (χ2n) is 7.00. The molecule has 2 aromatic heterocycles. The third-order valence-electron chi connectivity index (χ3n) is 4.66. The van der Waals surface area contributed by atoms with Crippen LogP contribution < -0.4 is 5.56 Å². The first-order chi connectivity index (χ1) is 12.7. The lowest BCUT2D eigenvalue weighted by molar-refractivity contribution is -0.146. The van der Waals surface area contributed by atoms with Gasteiger partial charge in [-0.3, -0.25) is 9.36 Å². The Bertz CT molecular complexity index is 1080. The monoisotopic (exact) mass is 404 g/mol. The highest BCUT2D eigenvalue weighted by molar-refractivity contribution is 7.19. The second-order valence-corrected chi connectivity index (χ2v) is 8.64. The van der Waals surface area contributed by atoms with Crippen molar-refractivity contribution in [3.63, 3.8) is 0 Å². The van der Waals surface area contributed by atoms with Gasteiger partial charge in [0.05, 0.1) is 5.39 Å². The molecule has 0 bridgehead atoms. The van der Waals surface area contributed by atoms with Crippen LogP contribution >= 0.6 is 22.9 Å². The SMILES string of the molecule is CCCc1nc2sc(C)c(-c3ccc(Cl)cc3)c2c(=O)n1C(C)(C)C(=O)O. The molecule has 1 aromatic carbocycles. The van der Waals surface area contributed by atoms with Crippen molar-refractivity contribution in [1.82, 2.24) is 9.55 Å². The fourth-order valence-corrected chi connectivity index (χ4v) is 4.41. The molecule has 1 N–H and O–H groups in total. The highest BCUT2D eigenvalue weighted by Crippen LogP contribution is 2.36. The molecule has 0 aliphatic carbocycles. The number of carbonyl (C=O) groups is 1. The Morgan fingerprint density at radius 3 is 2.48 bits per heavy atom. The molecule has 5 nitrogen and oxygen atoms in total. The molecule has 0 amide bonds. The predicted molar refractivity (Wildman–Crippen MR) is 110 cm³/mol. The molecule has 3 aromatic rings. The van der Waals surface area contributed by atoms with Gasteiger partial charge < -0.3 is 5.11 Å². The molecule has 0 atom stereocenters. The molecular formula is C20H21ClN2O3S. The van der Waals surface area contributed by atoms with Gasteiger partial charge in [0.1, 0.15) is 16.2 Å². The van der Waals surface area contributed by atoms with E-state index in [-0.39, 0.29) is 5.56 Å². The minimum absolute atomic E-state index is 0.315. The molecule has 27 heavy (non-hydrogen) atoms. The zero-order valence-corrected chi connectivity index (χ0v) is 17.2. The van der Waals surface area contributed by atoms with Gasteiger partial charge in [-0.2, -0.15) is 0 Å². The van der Waals surface area contributed by atoms with Crippen LogP contribution in [0.2, 0.25) is 5.02 Å². The van der Waals surface area contributed by atoms with E-state index in [1.165, 1.54) is 29.8 Å². The summed E-state index contributed by atoms with van der Waals surface area (Å²) in [6, 6.07) is 7.28. The van der Waals surface area contributed by atoms with Gasteiger partial charge in [0.15, 0.2) is 0 Å². The van der Waals surface area contributed by atoms with E-state index in [1.807, 2.05) is 26.0 Å². The minimum Gasteiger partial charge on any atom is -0.480 e. The van der Waals surface area contributed by atoms with Gasteiger partial charge in [-0.25, -0.2) is 9.78 Å². The fraction of sp³-hybridized carbons (Fsp3) is 0.350. The van der Waals surface area contributed by atoms with E-state index in [4.69, 9.17) is 16.6 Å². The smallest absolute Gasteiger partial charge is 0.329 e. The average molecular weight is 405 g/mol. The highest BCUT2D eigenvalue weighted by atomic mass is 35.5. The first-order valence-corrected chi connectivity index (χ1v) is 9.92. The third kappa shape index (κ3) is 3.28. The zero-order valence-electron chi connectivity index (χ0n) is 15.7. The Morgan fingerprint density at radius 1 is 1.30 bits per heavy atom. The third-order valence-corrected chi connectivity index (χ3v) is 5.91. The summed E-state index contributed by atoms with van der Waals surface area (Å²) in [5, 5.41) is 10.8. The van der Waals surface area contributed by atoms with Crippen molar-refractivity contribution in [1.29, 1.82) is 0 Å². The lowest BCUT2D eigenvalue weighted by Gasteiger charge is -2.25. The number of nitrogens with zero attached hydrogens (tertiary/aromatic N) is 2. The van der Waals surface area contributed by atoms with Gasteiger partial charge in [0.2, 0.25) is 0 Å². The number of hydrogen-bond acceptors (Lipinski definition) is 4. The maximum Gasteiger partial charge on any atom is 0.329 e. The van der Waals surface area contributed by atoms with Gasteiger partial charge in [-0.15, -0.1) is 11.3 Å². The van der Waals surface area contributed by atoms with Gasteiger partial charge in [0, 0.05) is 21.9 Å². The van der Waals surface area contributed by atoms with Gasteiger partial charge >= 0.3 is 5.97 Å². The molecule has 0 fully saturated rings. The summed E-state index contributed by atoms with van der Waals surface area (Å²) in [6.07, 6.45) is 1.30. The number of rotatable bonds is 5. The van der Waals surface area contributed by atoms with Crippen molar-refractivity contribution < 1.29 is 9.90 Å². The quantitative estimate of drug-likeness (QED) is 0.659. The molecule has 0 saturated heterocycles. The first-order valence-electron chi connectivity index (χ1n) is 8.73. The number of aromatic nitrogens is 2. The Morgan fingerprint density at radius 2 is 1.93 bits per heavy atom. The van der Waals surface area contributed by atoms with Gasteiger partial charge in [-0.05, 0) is 44.9 Å². The topological polar surface area (TPSA) is 72.2 Å². The van der Waals surface area contributed by atoms with Crippen LogP contribution in [-0.4, -0.2) is 20.6 Å². The number of carboxylic acid groups (broad SMARTS) is 1. The van der Waals surface area contributed by atoms with Crippen LogP contribution in [0.15, 0.2) is 29.1 Å². The second kappa shape index (κ2) is 7.09. The fourth-order valence-electron chi connectivity index (χ4n) is 3.23. The van der Waals surface area contributed by atoms with Crippen LogP contribution in [0.25, 0.3) is 21.3 Å². The normalized spacial score (nSPS) is 11.9. The summed E-state index contributed by atoms with van der Waals surface area (Å²) < 4.78 is 1.34. The summed E-state index contributed by atoms with van der Waals surface area (Å²) in [6.45, 7) is 6.99. The van der Waals surface area contributed by atoms with Crippen LogP contribution in [0.1, 0.15) is 37.9 Å². The van der Waals surface area contributed by atoms with Crippen LogP contribution in [-0.2, 0) is 16.8 Å². The first kappa shape index (κ1) is 19.6. The van der Waals surface area contributed by atoms with E-state index in [9.17, 15) is 14.7 Å². The number of halogens is 1. The Labute approximate surface area is 166 Å². The van der Waals surface area contributed by atoms with Crippen molar-refractivity contribution in [2.24, 2.45) is 0 Å². The number of fused-ring (bicyclic) bond motifs is 1. The maximum atomic E-state index is 13.5. The molecule has 0 aliphatic rings. The summed E-state index contributed by atoms with van der Waals surface area (Å²) in [7, 11) is 0. The number of thiophene rings is 1. The molecule has 0 aliphatic heterocycles. The van der Waals surface area contributed by atoms with E-state index >= 15 is 0 Å². The van der Waals surface area contributed by atoms with Gasteiger partial charge in [-0.1, -0.05) is 30.7 Å². The summed E-state index contributed by atoms with van der Waals surface area (Å²) >= 11 is 7.45. The van der Waals surface area contributed by atoms with Crippen molar-refractivity contribution >= 4 is 39.1 Å². The molecule has 0 unspecified atom stereocenters. The molecule has 142 valence electrons. The van der Waals surface area contributed by atoms with E-state index in [1.54, 1.807) is 12.1 Å². The van der Waals surface area contributed by atoms with Crippen molar-refractivity contribution in [3.05, 3.63) is 50.3 Å². The van der Waals surface area contributed by atoms with Gasteiger partial charge in [0.25, 0.3) is 5.56 Å². The molecule has 0 saturated carbocycles. The zero-order chi connectivity index (χ0) is 19.9. The molecule has 0 spiro atoms. The van der Waals surface area contributed by atoms with Crippen LogP contribution in [0.3, 0.4) is 0 Å². The molecule has 0 radical (unpaired) electrons. The van der Waals surface area contributed by atoms with E-state index in [0.29, 0.717) is 27.5 Å². The summed E-state index contributed by atoms with van der Waals surface area (Å²) in [4.78, 5) is 31.7. The Hall–Kier alpha value is -2.18. The molecule has 3 rings (SSSR count). The molecule has 7 heteroatoms. The molecular weight excluding hydrogens is 384 g/mol. The number of carboxylic acids is 1. The largest absolute Gasteiger partial charge is 0.480 e. The van der Waals surface area contributed by atoms with E-state index in [2.05, 4.69) is 0 Å². The van der Waals surface area contributed by atoms with Crippen LogP contribution in [0.4, 0.5) is 0 Å². The number of aryl methyl sites for hydroxylation is 2. The van der Waals surface area contributed by atoms with Crippen molar-refractivity contribution in [2.75, 3.05) is 0 Å². The highest BCUT2D eigenvalue weighted by Gasteiger charge is 2.34. The average Bonchev–Trinajstić information content (AvgIpc) is 2.92. The van der Waals surface area contributed by atoms with Crippen molar-refractivity contribution in [2.45, 2.75) is 46.1 Å². The Balaban J connectivity index is 2.42. The molecule has 2 heterocycles. The van der Waals surface area contributed by atoms with E-state index in [0.717, 1.165) is 22.4 Å². The minimum atomic E-state index is -1.39. The lowest BCUT2D eigenvalue weighted by Crippen LogP contribution is -2.44. The summed E-state index contributed by atoms with van der Waals surface area (Å²) in [5.74, 6) is -0.561. The van der Waals surface area contributed by atoms with E-state index < -0.39 is 11.5 Å². The maximum absolute atomic E-state index is 13.5. The predicted octanol–water partition coefficient (Wildman–Crippen LogP) is 4.86. The summed E-state index contributed by atoms with van der Waals surface area (Å²) in [5.41, 5.74) is -0.0483. The van der Waals surface area contributed by atoms with Crippen LogP contribution in [0, 0.1) is 6.92 Å². The lowest BCUT2D eigenvalue weighted by atomic mass is 10.0. The van der Waals surface area contributed by atoms with Crippen molar-refractivity contribution in [3.8, 4) is 11.1 Å². The standard InChI is InChI=1S/C20H21ClN2O3S/c1-5-6-14-22-17-16(18(24)23(14)20(3,4)19(25)26)15(11(2)27-17)12-7-9-13(21)10-8-12/h7-10H,5-6H2,1-4H3,(H,25,26). The number of benzene rings is 1.